The van der Waals surface area contributed by atoms with Crippen molar-refractivity contribution in [1.82, 2.24) is 0 Å². The van der Waals surface area contributed by atoms with Crippen molar-refractivity contribution in [3.8, 4) is 0 Å². The fraction of sp³-hybridized carbons (Fsp3) is 0.154. The quantitative estimate of drug-likeness (QED) is 0.768. The van der Waals surface area contributed by atoms with E-state index in [0.717, 1.165) is 29.5 Å². The highest BCUT2D eigenvalue weighted by Crippen LogP contribution is 2.35. The monoisotopic (exact) mass is 397 g/mol. The first-order valence-electron chi connectivity index (χ1n) is 6.19. The Morgan fingerprint density at radius 2 is 2.04 bits per heavy atom. The lowest BCUT2D eigenvalue weighted by atomic mass is 10.2. The molecule has 0 unspecified atom stereocenters. The molecule has 0 radical (unpaired) electrons. The number of anilines is 1. The van der Waals surface area contributed by atoms with E-state index in [1.807, 2.05) is 0 Å². The van der Waals surface area contributed by atoms with Crippen molar-refractivity contribution < 1.29 is 22.3 Å². The second-order valence-corrected chi connectivity index (χ2v) is 8.18. The van der Waals surface area contributed by atoms with Crippen molar-refractivity contribution >= 4 is 56.2 Å². The summed E-state index contributed by atoms with van der Waals surface area (Å²) < 4.78 is 45.1. The van der Waals surface area contributed by atoms with Crippen molar-refractivity contribution in [2.75, 3.05) is 11.3 Å². The van der Waals surface area contributed by atoms with Gasteiger partial charge in [0.2, 0.25) is 0 Å². The molecule has 0 saturated heterocycles. The van der Waals surface area contributed by atoms with Crippen LogP contribution in [0.1, 0.15) is 17.3 Å². The van der Waals surface area contributed by atoms with Crippen LogP contribution in [0, 0.1) is 5.82 Å². The highest BCUT2D eigenvalue weighted by Gasteiger charge is 2.21. The zero-order chi connectivity index (χ0) is 17.2. The molecule has 124 valence electrons. The van der Waals surface area contributed by atoms with Gasteiger partial charge in [0.05, 0.1) is 22.9 Å². The molecule has 1 N–H and O–H groups in total. The summed E-state index contributed by atoms with van der Waals surface area (Å²) in [6.45, 7) is 1.76. The first-order valence-corrected chi connectivity index (χ1v) is 9.24. The van der Waals surface area contributed by atoms with Crippen LogP contribution in [0.3, 0.4) is 0 Å². The molecule has 0 spiro atoms. The lowest BCUT2D eigenvalue weighted by molar-refractivity contribution is 0.0526. The molecule has 0 aliphatic carbocycles. The van der Waals surface area contributed by atoms with E-state index in [4.69, 9.17) is 27.9 Å². The minimum Gasteiger partial charge on any atom is -0.462 e. The topological polar surface area (TPSA) is 72.5 Å². The maximum Gasteiger partial charge on any atom is 0.338 e. The average molecular weight is 398 g/mol. The van der Waals surface area contributed by atoms with Gasteiger partial charge in [-0.1, -0.05) is 23.2 Å². The molecule has 1 heterocycles. The van der Waals surface area contributed by atoms with Crippen LogP contribution in [-0.2, 0) is 14.8 Å². The number of halogens is 3. The summed E-state index contributed by atoms with van der Waals surface area (Å²) in [5.41, 5.74) is -0.357. The third-order valence-electron chi connectivity index (χ3n) is 2.61. The summed E-state index contributed by atoms with van der Waals surface area (Å²) in [4.78, 5) is 11.6. The molecule has 10 heteroatoms. The highest BCUT2D eigenvalue weighted by atomic mass is 35.5. The van der Waals surface area contributed by atoms with Gasteiger partial charge in [-0.15, -0.1) is 11.3 Å². The third-order valence-corrected chi connectivity index (χ3v) is 6.31. The SMILES string of the molecule is CCOC(=O)c1ccc(F)c(NS(=O)(=O)c2cc(Cl)c(Cl)s2)c1. The minimum atomic E-state index is -4.08. The Kier molecular flexibility index (Phi) is 5.51. The van der Waals surface area contributed by atoms with Crippen molar-refractivity contribution in [2.24, 2.45) is 0 Å². The Balaban J connectivity index is 2.35. The highest BCUT2D eigenvalue weighted by molar-refractivity contribution is 7.94. The van der Waals surface area contributed by atoms with Gasteiger partial charge in [0.15, 0.2) is 0 Å². The van der Waals surface area contributed by atoms with Crippen molar-refractivity contribution in [1.29, 1.82) is 0 Å². The Bertz CT molecular complexity index is 832. The molecule has 1 aromatic carbocycles. The van der Waals surface area contributed by atoms with Gasteiger partial charge in [-0.25, -0.2) is 17.6 Å². The van der Waals surface area contributed by atoms with Gasteiger partial charge in [-0.05, 0) is 31.2 Å². The van der Waals surface area contributed by atoms with Gasteiger partial charge in [-0.3, -0.25) is 4.72 Å². The number of carbonyl (C=O) groups excluding carboxylic acids is 1. The molecule has 0 aliphatic heterocycles. The summed E-state index contributed by atoms with van der Waals surface area (Å²) in [7, 11) is -4.08. The van der Waals surface area contributed by atoms with Crippen LogP contribution >= 0.6 is 34.5 Å². The number of thiophene rings is 1. The van der Waals surface area contributed by atoms with Gasteiger partial charge < -0.3 is 4.74 Å². The second kappa shape index (κ2) is 7.04. The fourth-order valence-corrected chi connectivity index (χ4v) is 4.54. The maximum absolute atomic E-state index is 13.8. The van der Waals surface area contributed by atoms with Crippen molar-refractivity contribution in [2.45, 2.75) is 11.1 Å². The largest absolute Gasteiger partial charge is 0.462 e. The van der Waals surface area contributed by atoms with Crippen LogP contribution in [0.5, 0.6) is 0 Å². The first kappa shape index (κ1) is 18.0. The predicted octanol–water partition coefficient (Wildman–Crippen LogP) is 4.17. The van der Waals surface area contributed by atoms with Crippen LogP contribution in [0.25, 0.3) is 0 Å². The molecule has 0 bridgehead atoms. The minimum absolute atomic E-state index is 0.0215. The number of hydrogen-bond donors (Lipinski definition) is 1. The van der Waals surface area contributed by atoms with Gasteiger partial charge >= 0.3 is 5.97 Å². The number of sulfonamides is 1. The number of rotatable bonds is 5. The van der Waals surface area contributed by atoms with E-state index < -0.39 is 21.8 Å². The summed E-state index contributed by atoms with van der Waals surface area (Å²) in [6.07, 6.45) is 0. The summed E-state index contributed by atoms with van der Waals surface area (Å²) in [6, 6.07) is 4.38. The van der Waals surface area contributed by atoms with Gasteiger partial charge in [0.25, 0.3) is 10.0 Å². The number of hydrogen-bond acceptors (Lipinski definition) is 5. The molecule has 1 aromatic heterocycles. The van der Waals surface area contributed by atoms with Crippen molar-refractivity contribution in [3.63, 3.8) is 0 Å². The lowest BCUT2D eigenvalue weighted by Gasteiger charge is -2.09. The molecule has 0 fully saturated rings. The standard InChI is InChI=1S/C13H10Cl2FNO4S2/c1-2-21-13(18)7-3-4-9(16)10(5-7)17-23(19,20)11-6-8(14)12(15)22-11/h3-6,17H,2H2,1H3. The van der Waals surface area contributed by atoms with Crippen LogP contribution in [0.4, 0.5) is 10.1 Å². The molecule has 23 heavy (non-hydrogen) atoms. The number of nitrogens with one attached hydrogen (secondary N) is 1. The van der Waals surface area contributed by atoms with E-state index in [1.165, 1.54) is 6.07 Å². The number of carbonyl (C=O) groups is 1. The Morgan fingerprint density at radius 1 is 1.35 bits per heavy atom. The maximum atomic E-state index is 13.8. The van der Waals surface area contributed by atoms with E-state index in [2.05, 4.69) is 4.72 Å². The molecule has 0 amide bonds. The Hall–Kier alpha value is -1.35. The van der Waals surface area contributed by atoms with Gasteiger partial charge in [0.1, 0.15) is 14.4 Å². The summed E-state index contributed by atoms with van der Waals surface area (Å²) >= 11 is 12.2. The first-order chi connectivity index (χ1) is 10.7. The molecular weight excluding hydrogens is 388 g/mol. The molecule has 2 rings (SSSR count). The molecule has 0 atom stereocenters. The van der Waals surface area contributed by atoms with E-state index in [-0.39, 0.29) is 31.4 Å². The van der Waals surface area contributed by atoms with Gasteiger partial charge in [0, 0.05) is 0 Å². The zero-order valence-electron chi connectivity index (χ0n) is 11.6. The zero-order valence-corrected chi connectivity index (χ0v) is 14.7. The lowest BCUT2D eigenvalue weighted by Crippen LogP contribution is -2.14. The molecule has 2 aromatic rings. The van der Waals surface area contributed by atoms with E-state index >= 15 is 0 Å². The Labute approximate surface area is 146 Å². The number of benzene rings is 1. The Morgan fingerprint density at radius 3 is 2.61 bits per heavy atom. The third kappa shape index (κ3) is 4.14. The van der Waals surface area contributed by atoms with E-state index in [9.17, 15) is 17.6 Å². The fourth-order valence-electron chi connectivity index (χ4n) is 1.60. The van der Waals surface area contributed by atoms with Crippen LogP contribution in [-0.4, -0.2) is 21.0 Å². The molecule has 0 aliphatic rings. The number of esters is 1. The second-order valence-electron chi connectivity index (χ2n) is 4.21. The van der Waals surface area contributed by atoms with Crippen LogP contribution in [0.2, 0.25) is 9.36 Å². The van der Waals surface area contributed by atoms with Crippen molar-refractivity contribution in [3.05, 3.63) is 45.0 Å². The van der Waals surface area contributed by atoms with Gasteiger partial charge in [-0.2, -0.15) is 0 Å². The summed E-state index contributed by atoms with van der Waals surface area (Å²) in [5, 5.41) is 0.0813. The van der Waals surface area contributed by atoms with E-state index in [0.29, 0.717) is 0 Å². The number of ether oxygens (including phenoxy) is 1. The van der Waals surface area contributed by atoms with Crippen LogP contribution < -0.4 is 4.72 Å². The normalized spacial score (nSPS) is 11.3. The average Bonchev–Trinajstić information content (AvgIpc) is 2.82. The molecular formula is C13H10Cl2FNO4S2. The predicted molar refractivity (Wildman–Crippen MR) is 87.5 cm³/mol. The smallest absolute Gasteiger partial charge is 0.338 e. The summed E-state index contributed by atoms with van der Waals surface area (Å²) in [5.74, 6) is -1.52. The van der Waals surface area contributed by atoms with Crippen LogP contribution in [0.15, 0.2) is 28.5 Å². The van der Waals surface area contributed by atoms with E-state index in [1.54, 1.807) is 6.92 Å². The molecule has 0 saturated carbocycles. The molecule has 5 nitrogen and oxygen atoms in total.